The van der Waals surface area contributed by atoms with Gasteiger partial charge in [0, 0.05) is 24.0 Å². The van der Waals surface area contributed by atoms with Crippen molar-refractivity contribution < 1.29 is 22.7 Å². The highest BCUT2D eigenvalue weighted by atomic mass is 32.2. The number of hydrogen-bond acceptors (Lipinski definition) is 9. The molecule has 1 aromatic carbocycles. The summed E-state index contributed by atoms with van der Waals surface area (Å²) < 4.78 is 37.5. The maximum Gasteiger partial charge on any atom is 0.321 e. The average Bonchev–Trinajstić information content (AvgIpc) is 3.28. The van der Waals surface area contributed by atoms with Crippen molar-refractivity contribution in [2.45, 2.75) is 4.90 Å². The van der Waals surface area contributed by atoms with Crippen LogP contribution in [0.1, 0.15) is 9.67 Å². The molecule has 9 nitrogen and oxygen atoms in total. The van der Waals surface area contributed by atoms with Gasteiger partial charge in [0.25, 0.3) is 10.0 Å². The molecule has 0 aliphatic heterocycles. The van der Waals surface area contributed by atoms with Gasteiger partial charge in [0.15, 0.2) is 11.6 Å². The van der Waals surface area contributed by atoms with Crippen molar-refractivity contribution >= 4 is 38.6 Å². The van der Waals surface area contributed by atoms with Gasteiger partial charge in [0.2, 0.25) is 5.88 Å². The first kappa shape index (κ1) is 21.3. The van der Waals surface area contributed by atoms with E-state index in [2.05, 4.69) is 20.0 Å². The summed E-state index contributed by atoms with van der Waals surface area (Å²) in [4.78, 5) is 20.4. The smallest absolute Gasteiger partial charge is 0.321 e. The van der Waals surface area contributed by atoms with E-state index in [9.17, 15) is 13.2 Å². The van der Waals surface area contributed by atoms with Crippen LogP contribution in [0.5, 0.6) is 11.9 Å². The summed E-state index contributed by atoms with van der Waals surface area (Å²) >= 11 is 1.36. The van der Waals surface area contributed by atoms with Crippen LogP contribution in [-0.2, 0) is 10.0 Å². The van der Waals surface area contributed by atoms with Crippen molar-refractivity contribution in [1.29, 1.82) is 0 Å². The number of hydrogen-bond donors (Lipinski definition) is 2. The predicted molar refractivity (Wildman–Crippen MR) is 114 cm³/mol. The van der Waals surface area contributed by atoms with Gasteiger partial charge in [-0.3, -0.25) is 9.52 Å². The van der Waals surface area contributed by atoms with Crippen LogP contribution in [0.3, 0.4) is 0 Å². The monoisotopic (exact) mass is 446 g/mol. The molecule has 0 atom stereocenters. The maximum absolute atomic E-state index is 12.6. The zero-order chi connectivity index (χ0) is 21.6. The molecule has 0 spiro atoms. The van der Waals surface area contributed by atoms with Crippen LogP contribution < -0.4 is 19.5 Å². The van der Waals surface area contributed by atoms with Crippen LogP contribution in [0.25, 0.3) is 0 Å². The number of aromatic nitrogens is 2. The maximum atomic E-state index is 12.6. The predicted octanol–water partition coefficient (Wildman–Crippen LogP) is 3.16. The summed E-state index contributed by atoms with van der Waals surface area (Å²) in [5, 5.41) is 4.76. The first-order chi connectivity index (χ1) is 14.4. The first-order valence-electron chi connectivity index (χ1n) is 8.52. The van der Waals surface area contributed by atoms with Gasteiger partial charge in [0.05, 0.1) is 24.0 Å². The molecule has 3 rings (SSSR count). The molecule has 0 amide bonds. The number of ketones is 1. The molecule has 11 heteroatoms. The van der Waals surface area contributed by atoms with Gasteiger partial charge in [-0.25, -0.2) is 8.42 Å². The summed E-state index contributed by atoms with van der Waals surface area (Å²) in [6, 6.07) is 10.9. The van der Waals surface area contributed by atoms with Crippen molar-refractivity contribution in [3.05, 3.63) is 65.0 Å². The van der Waals surface area contributed by atoms with E-state index in [4.69, 9.17) is 9.47 Å². The molecule has 30 heavy (non-hydrogen) atoms. The van der Waals surface area contributed by atoms with Crippen LogP contribution >= 0.6 is 11.3 Å². The largest absolute Gasteiger partial charge is 0.481 e. The Morgan fingerprint density at radius 1 is 1.10 bits per heavy atom. The number of nitrogens with one attached hydrogen (secondary N) is 2. The second kappa shape index (κ2) is 9.37. The number of anilines is 2. The number of ether oxygens (including phenoxy) is 2. The van der Waals surface area contributed by atoms with Crippen molar-refractivity contribution in [2.75, 3.05) is 24.3 Å². The fourth-order valence-corrected chi connectivity index (χ4v) is 3.93. The number of nitrogens with zero attached hydrogens (tertiary/aromatic N) is 2. The topological polar surface area (TPSA) is 120 Å². The van der Waals surface area contributed by atoms with Gasteiger partial charge < -0.3 is 14.8 Å². The van der Waals surface area contributed by atoms with Gasteiger partial charge in [-0.05, 0) is 35.7 Å². The first-order valence-corrected chi connectivity index (χ1v) is 10.9. The molecule has 0 unspecified atom stereocenters. The molecule has 0 fully saturated rings. The van der Waals surface area contributed by atoms with Gasteiger partial charge in [0.1, 0.15) is 0 Å². The molecule has 0 bridgehead atoms. The number of sulfonamides is 1. The number of benzene rings is 1. The summed E-state index contributed by atoms with van der Waals surface area (Å²) in [5.41, 5.74) is 0.620. The molecule has 3 aromatic rings. The highest BCUT2D eigenvalue weighted by Crippen LogP contribution is 2.21. The van der Waals surface area contributed by atoms with Crippen molar-refractivity contribution in [3.63, 3.8) is 0 Å². The second-order valence-electron chi connectivity index (χ2n) is 5.73. The second-order valence-corrected chi connectivity index (χ2v) is 8.36. The Hall–Kier alpha value is -3.44. The third kappa shape index (κ3) is 5.33. The average molecular weight is 447 g/mol. The van der Waals surface area contributed by atoms with E-state index in [-0.39, 0.29) is 28.4 Å². The standard InChI is InChI=1S/C19H18N4O5S2/c1-27-18-12-17(21-19(22-18)28-2)23-30(25,26)14-7-5-13(6-8-14)20-10-9-15(24)16-4-3-11-29-16/h3-12,20H,1-2H3,(H,21,22,23). The van der Waals surface area contributed by atoms with E-state index in [1.54, 1.807) is 24.3 Å². The summed E-state index contributed by atoms with van der Waals surface area (Å²) in [7, 11) is -1.13. The number of carbonyl (C=O) groups excluding carboxylic acids is 1. The number of allylic oxidation sites excluding steroid dienone is 1. The molecule has 2 N–H and O–H groups in total. The van der Waals surface area contributed by atoms with Crippen LogP contribution in [0.15, 0.2) is 65.0 Å². The molecule has 2 aromatic heterocycles. The van der Waals surface area contributed by atoms with Gasteiger partial charge in [-0.2, -0.15) is 9.97 Å². The number of thiophene rings is 1. The lowest BCUT2D eigenvalue weighted by atomic mass is 10.3. The molecule has 0 aliphatic carbocycles. The van der Waals surface area contributed by atoms with E-state index in [0.29, 0.717) is 10.6 Å². The van der Waals surface area contributed by atoms with Crippen LogP contribution in [-0.4, -0.2) is 38.4 Å². The van der Waals surface area contributed by atoms with Gasteiger partial charge >= 0.3 is 6.01 Å². The minimum Gasteiger partial charge on any atom is -0.481 e. The van der Waals surface area contributed by atoms with E-state index in [1.165, 1.54) is 56.0 Å². The molecular weight excluding hydrogens is 428 g/mol. The third-order valence-electron chi connectivity index (χ3n) is 3.73. The van der Waals surface area contributed by atoms with Crippen LogP contribution in [0.4, 0.5) is 11.5 Å². The lowest BCUT2D eigenvalue weighted by molar-refractivity contribution is 0.105. The lowest BCUT2D eigenvalue weighted by Gasteiger charge is -2.10. The molecule has 0 radical (unpaired) electrons. The molecule has 0 saturated heterocycles. The number of methoxy groups -OCH3 is 2. The fraction of sp³-hybridized carbons (Fsp3) is 0.105. The normalized spacial score (nSPS) is 11.3. The van der Waals surface area contributed by atoms with Gasteiger partial charge in [-0.1, -0.05) is 6.07 Å². The van der Waals surface area contributed by atoms with Crippen LogP contribution in [0, 0.1) is 0 Å². The van der Waals surface area contributed by atoms with E-state index >= 15 is 0 Å². The summed E-state index contributed by atoms with van der Waals surface area (Å²) in [6.45, 7) is 0. The van der Waals surface area contributed by atoms with E-state index < -0.39 is 10.0 Å². The minimum absolute atomic E-state index is 0.0101. The molecule has 2 heterocycles. The van der Waals surface area contributed by atoms with Crippen molar-refractivity contribution in [2.24, 2.45) is 0 Å². The van der Waals surface area contributed by atoms with E-state index in [1.807, 2.05) is 5.38 Å². The zero-order valence-corrected chi connectivity index (χ0v) is 17.7. The highest BCUT2D eigenvalue weighted by Gasteiger charge is 2.16. The zero-order valence-electron chi connectivity index (χ0n) is 16.0. The molecule has 0 aliphatic rings. The molecular formula is C19H18N4O5S2. The molecule has 0 saturated carbocycles. The Balaban J connectivity index is 1.68. The Labute approximate surface area is 177 Å². The highest BCUT2D eigenvalue weighted by molar-refractivity contribution is 7.92. The summed E-state index contributed by atoms with van der Waals surface area (Å²) in [5.74, 6) is 0.0514. The van der Waals surface area contributed by atoms with Crippen LogP contribution in [0.2, 0.25) is 0 Å². The number of rotatable bonds is 9. The lowest BCUT2D eigenvalue weighted by Crippen LogP contribution is -2.14. The fourth-order valence-electron chi connectivity index (χ4n) is 2.29. The number of carbonyl (C=O) groups is 1. The van der Waals surface area contributed by atoms with Crippen molar-refractivity contribution in [3.8, 4) is 11.9 Å². The molecule has 156 valence electrons. The Morgan fingerprint density at radius 3 is 2.50 bits per heavy atom. The Bertz CT molecular complexity index is 1120. The summed E-state index contributed by atoms with van der Waals surface area (Å²) in [6.07, 6.45) is 2.91. The minimum atomic E-state index is -3.89. The van der Waals surface area contributed by atoms with Crippen molar-refractivity contribution in [1.82, 2.24) is 9.97 Å². The Kier molecular flexibility index (Phi) is 6.65. The van der Waals surface area contributed by atoms with E-state index in [0.717, 1.165) is 0 Å². The SMILES string of the molecule is COc1cc(NS(=O)(=O)c2ccc(NC=CC(=O)c3cccs3)cc2)nc(OC)n1. The quantitative estimate of drug-likeness (QED) is 0.380. The third-order valence-corrected chi connectivity index (χ3v) is 5.98. The van der Waals surface area contributed by atoms with Gasteiger partial charge in [-0.15, -0.1) is 11.3 Å². The Morgan fingerprint density at radius 2 is 1.87 bits per heavy atom.